The van der Waals surface area contributed by atoms with E-state index >= 15 is 0 Å². The molecule has 260 valence electrons. The summed E-state index contributed by atoms with van der Waals surface area (Å²) >= 11 is 0. The van der Waals surface area contributed by atoms with E-state index in [9.17, 15) is 33.9 Å². The topological polar surface area (TPSA) is 188 Å². The van der Waals surface area contributed by atoms with Crippen LogP contribution < -0.4 is 21.7 Å². The maximum absolute atomic E-state index is 14.0. The number of amides is 5. The van der Waals surface area contributed by atoms with E-state index in [0.29, 0.717) is 32.2 Å². The highest BCUT2D eigenvalue weighted by atomic mass is 16.4. The molecule has 1 saturated heterocycles. The Kier molecular flexibility index (Phi) is 14.6. The second-order valence-corrected chi connectivity index (χ2v) is 13.0. The fourth-order valence-electron chi connectivity index (χ4n) is 6.20. The molecule has 0 aromatic heterocycles. The number of nitrogens with two attached hydrogens (primary N) is 1. The first-order chi connectivity index (χ1) is 22.8. The molecule has 1 aliphatic rings. The van der Waals surface area contributed by atoms with Crippen molar-refractivity contribution in [2.24, 2.45) is 17.6 Å². The number of hydrogen-bond donors (Lipinski definition) is 5. The number of likely N-dealkylation sites (tertiary alicyclic amines) is 1. The summed E-state index contributed by atoms with van der Waals surface area (Å²) in [5.74, 6) is -4.15. The van der Waals surface area contributed by atoms with E-state index in [2.05, 4.69) is 16.0 Å². The number of nitrogens with one attached hydrogen (secondary N) is 3. The predicted molar refractivity (Wildman–Crippen MR) is 180 cm³/mol. The molecular formula is C36H49N5O7. The van der Waals surface area contributed by atoms with Gasteiger partial charge in [-0.25, -0.2) is 0 Å². The van der Waals surface area contributed by atoms with Gasteiger partial charge < -0.3 is 31.7 Å². The lowest BCUT2D eigenvalue weighted by molar-refractivity contribution is -0.140. The van der Waals surface area contributed by atoms with Gasteiger partial charge in [-0.3, -0.25) is 28.8 Å². The maximum Gasteiger partial charge on any atom is 0.305 e. The van der Waals surface area contributed by atoms with Crippen LogP contribution in [0.15, 0.2) is 60.7 Å². The molecule has 3 rings (SSSR count). The third kappa shape index (κ3) is 12.1. The van der Waals surface area contributed by atoms with Crippen LogP contribution in [0.1, 0.15) is 70.4 Å². The molecule has 0 unspecified atom stereocenters. The van der Waals surface area contributed by atoms with Gasteiger partial charge in [-0.15, -0.1) is 0 Å². The number of nitrogens with zero attached hydrogens (tertiary/aromatic N) is 1. The summed E-state index contributed by atoms with van der Waals surface area (Å²) < 4.78 is 0. The maximum atomic E-state index is 14.0. The van der Waals surface area contributed by atoms with Crippen molar-refractivity contribution in [1.29, 1.82) is 0 Å². The molecule has 12 nitrogen and oxygen atoms in total. The van der Waals surface area contributed by atoms with Crippen LogP contribution in [0.3, 0.4) is 0 Å². The fraction of sp³-hybridized carbons (Fsp3) is 0.500. The molecular weight excluding hydrogens is 614 g/mol. The number of carboxylic acid groups (broad SMARTS) is 1. The molecule has 48 heavy (non-hydrogen) atoms. The summed E-state index contributed by atoms with van der Waals surface area (Å²) in [5, 5.41) is 17.3. The van der Waals surface area contributed by atoms with Crippen LogP contribution in [0.2, 0.25) is 0 Å². The van der Waals surface area contributed by atoms with Crippen LogP contribution in [0.25, 0.3) is 0 Å². The first kappa shape index (κ1) is 37.7. The minimum atomic E-state index is -1.45. The smallest absolute Gasteiger partial charge is 0.305 e. The predicted octanol–water partition coefficient (Wildman–Crippen LogP) is 2.34. The molecule has 12 heteroatoms. The van der Waals surface area contributed by atoms with E-state index < -0.39 is 48.2 Å². The number of rotatable bonds is 18. The van der Waals surface area contributed by atoms with Crippen LogP contribution in [0.4, 0.5) is 0 Å². The Labute approximate surface area is 282 Å². The van der Waals surface area contributed by atoms with Gasteiger partial charge in [0.1, 0.15) is 18.1 Å². The number of carbonyl (C=O) groups is 6. The highest BCUT2D eigenvalue weighted by molar-refractivity contribution is 5.93. The van der Waals surface area contributed by atoms with Crippen LogP contribution in [-0.4, -0.2) is 76.2 Å². The molecule has 0 radical (unpaired) electrons. The van der Waals surface area contributed by atoms with Gasteiger partial charge in [0.05, 0.1) is 6.42 Å². The second-order valence-electron chi connectivity index (χ2n) is 13.0. The molecule has 2 aromatic carbocycles. The average Bonchev–Trinajstić information content (AvgIpc) is 3.50. The molecule has 6 N–H and O–H groups in total. The van der Waals surface area contributed by atoms with Crippen LogP contribution in [0, 0.1) is 11.8 Å². The zero-order valence-electron chi connectivity index (χ0n) is 28.0. The summed E-state index contributed by atoms with van der Waals surface area (Å²) in [6.07, 6.45) is 2.87. The SMILES string of the molecule is CC(=O)N[C@@H](CC(C)C)C(=O)N1CCC[C@H]1CC[C@@H](Cc1ccccc1)C(=O)N[C@H](Cc1ccccc1)C(=O)N[C@@H](CC(=O)O)C(N)=O. The van der Waals surface area contributed by atoms with Gasteiger partial charge in [-0.2, -0.15) is 0 Å². The van der Waals surface area contributed by atoms with E-state index in [-0.39, 0.29) is 36.1 Å². The van der Waals surface area contributed by atoms with Gasteiger partial charge in [0.15, 0.2) is 0 Å². The first-order valence-electron chi connectivity index (χ1n) is 16.6. The lowest BCUT2D eigenvalue weighted by Crippen LogP contribution is -2.55. The number of carbonyl (C=O) groups excluding carboxylic acids is 5. The van der Waals surface area contributed by atoms with Gasteiger partial charge in [0.25, 0.3) is 0 Å². The number of carboxylic acids is 1. The number of primary amides is 1. The largest absolute Gasteiger partial charge is 0.481 e. The van der Waals surface area contributed by atoms with Crippen LogP contribution in [-0.2, 0) is 41.6 Å². The van der Waals surface area contributed by atoms with Gasteiger partial charge in [-0.1, -0.05) is 74.5 Å². The van der Waals surface area contributed by atoms with Crippen molar-refractivity contribution in [2.75, 3.05) is 6.54 Å². The Balaban J connectivity index is 1.82. The summed E-state index contributed by atoms with van der Waals surface area (Å²) in [4.78, 5) is 78.0. The average molecular weight is 664 g/mol. The van der Waals surface area contributed by atoms with Gasteiger partial charge >= 0.3 is 5.97 Å². The van der Waals surface area contributed by atoms with Crippen molar-refractivity contribution >= 4 is 35.5 Å². The van der Waals surface area contributed by atoms with Crippen molar-refractivity contribution < 1.29 is 33.9 Å². The fourth-order valence-corrected chi connectivity index (χ4v) is 6.20. The summed E-state index contributed by atoms with van der Waals surface area (Å²) in [5.41, 5.74) is 7.05. The van der Waals surface area contributed by atoms with Crippen molar-refractivity contribution in [3.63, 3.8) is 0 Å². The zero-order valence-corrected chi connectivity index (χ0v) is 28.0. The highest BCUT2D eigenvalue weighted by Crippen LogP contribution is 2.26. The first-order valence-corrected chi connectivity index (χ1v) is 16.6. The molecule has 5 amide bonds. The lowest BCUT2D eigenvalue weighted by Gasteiger charge is -2.31. The third-order valence-corrected chi connectivity index (χ3v) is 8.54. The molecule has 0 spiro atoms. The van der Waals surface area contributed by atoms with Crippen LogP contribution in [0.5, 0.6) is 0 Å². The Hall–Kier alpha value is -4.74. The molecule has 0 bridgehead atoms. The van der Waals surface area contributed by atoms with Gasteiger partial charge in [0, 0.05) is 31.8 Å². The van der Waals surface area contributed by atoms with Crippen molar-refractivity contribution in [2.45, 2.75) is 96.3 Å². The Morgan fingerprint density at radius 2 is 1.42 bits per heavy atom. The molecule has 1 heterocycles. The summed E-state index contributed by atoms with van der Waals surface area (Å²) in [6.45, 7) is 5.98. The standard InChI is InChI=1S/C36H49N5O7/c1-23(2)19-31(38-24(3)42)36(48)41-18-10-15-28(41)17-16-27(20-25-11-6-4-7-12-25)34(46)40-30(21-26-13-8-5-9-14-26)35(47)39-29(33(37)45)22-32(43)44/h4-9,11-14,23,27-31H,10,15-22H2,1-3H3,(H2,37,45)(H,38,42)(H,39,47)(H,40,46)(H,43,44)/t27-,28-,29-,30+,31-/m0/s1. The Bertz CT molecular complexity index is 1400. The summed E-state index contributed by atoms with van der Waals surface area (Å²) in [6, 6.07) is 15.2. The molecule has 2 aromatic rings. The van der Waals surface area contributed by atoms with E-state index in [4.69, 9.17) is 5.73 Å². The quantitative estimate of drug-likeness (QED) is 0.162. The minimum Gasteiger partial charge on any atom is -0.481 e. The molecule has 1 fully saturated rings. The highest BCUT2D eigenvalue weighted by Gasteiger charge is 2.35. The molecule has 0 aliphatic carbocycles. The number of benzene rings is 2. The monoisotopic (exact) mass is 663 g/mol. The van der Waals surface area contributed by atoms with Crippen molar-refractivity contribution in [3.05, 3.63) is 71.8 Å². The Morgan fingerprint density at radius 1 is 0.833 bits per heavy atom. The lowest BCUT2D eigenvalue weighted by atomic mass is 9.90. The number of aliphatic carboxylic acids is 1. The van der Waals surface area contributed by atoms with Crippen LogP contribution >= 0.6 is 0 Å². The zero-order chi connectivity index (χ0) is 35.2. The van der Waals surface area contributed by atoms with E-state index in [1.54, 1.807) is 24.3 Å². The number of hydrogen-bond acceptors (Lipinski definition) is 6. The van der Waals surface area contributed by atoms with Crippen molar-refractivity contribution in [3.8, 4) is 0 Å². The van der Waals surface area contributed by atoms with Crippen molar-refractivity contribution in [1.82, 2.24) is 20.9 Å². The summed E-state index contributed by atoms with van der Waals surface area (Å²) in [7, 11) is 0. The minimum absolute atomic E-state index is 0.0975. The van der Waals surface area contributed by atoms with E-state index in [1.165, 1.54) is 6.92 Å². The second kappa shape index (κ2) is 18.6. The normalized spacial score (nSPS) is 16.8. The molecule has 0 saturated carbocycles. The van der Waals surface area contributed by atoms with E-state index in [1.807, 2.05) is 55.1 Å². The third-order valence-electron chi connectivity index (χ3n) is 8.54. The van der Waals surface area contributed by atoms with E-state index in [0.717, 1.165) is 24.0 Å². The van der Waals surface area contributed by atoms with Gasteiger partial charge in [-0.05, 0) is 55.6 Å². The molecule has 5 atom stereocenters. The molecule has 1 aliphatic heterocycles. The Morgan fingerprint density at radius 3 is 1.96 bits per heavy atom. The van der Waals surface area contributed by atoms with Gasteiger partial charge in [0.2, 0.25) is 29.5 Å².